The Morgan fingerprint density at radius 3 is 2.09 bits per heavy atom. The first-order valence-electron chi connectivity index (χ1n) is 12.9. The predicted octanol–water partition coefficient (Wildman–Crippen LogP) is 5.14. The van der Waals surface area contributed by atoms with E-state index in [1.807, 2.05) is 18.5 Å². The fraction of sp³-hybridized carbons (Fsp3) is 0.333. The number of pyridine rings is 1. The molecule has 0 amide bonds. The highest BCUT2D eigenvalue weighted by Gasteiger charge is 2.38. The molecular formula is C27H25F7N6O5. The lowest BCUT2D eigenvalue weighted by atomic mass is 10.0. The number of methoxy groups -OCH3 is 1. The van der Waals surface area contributed by atoms with Gasteiger partial charge in [-0.2, -0.15) is 30.7 Å². The second-order valence-corrected chi connectivity index (χ2v) is 9.39. The molecule has 1 saturated heterocycles. The second kappa shape index (κ2) is 14.7. The number of halogens is 7. The van der Waals surface area contributed by atoms with Crippen molar-refractivity contribution in [3.05, 3.63) is 66.6 Å². The number of hydrogen-bond acceptors (Lipinski definition) is 8. The number of rotatable bonds is 5. The normalized spacial score (nSPS) is 14.1. The zero-order valence-corrected chi connectivity index (χ0v) is 23.3. The van der Waals surface area contributed by atoms with E-state index in [1.54, 1.807) is 19.4 Å². The van der Waals surface area contributed by atoms with Gasteiger partial charge in [-0.3, -0.25) is 4.90 Å². The third-order valence-electron chi connectivity index (χ3n) is 6.28. The van der Waals surface area contributed by atoms with Gasteiger partial charge in [0.15, 0.2) is 11.3 Å². The van der Waals surface area contributed by atoms with Crippen LogP contribution in [0.2, 0.25) is 0 Å². The summed E-state index contributed by atoms with van der Waals surface area (Å²) >= 11 is 0. The molecule has 2 N–H and O–H groups in total. The van der Waals surface area contributed by atoms with Crippen LogP contribution in [-0.2, 0) is 16.1 Å². The van der Waals surface area contributed by atoms with Crippen LogP contribution in [0, 0.1) is 5.95 Å². The Bertz CT molecular complexity index is 1560. The molecule has 0 radical (unpaired) electrons. The molecule has 4 heterocycles. The topological polar surface area (TPSA) is 144 Å². The van der Waals surface area contributed by atoms with E-state index in [2.05, 4.69) is 36.6 Å². The molecule has 0 bridgehead atoms. The van der Waals surface area contributed by atoms with Crippen LogP contribution in [0.5, 0.6) is 5.75 Å². The van der Waals surface area contributed by atoms with Crippen molar-refractivity contribution in [1.29, 1.82) is 0 Å². The van der Waals surface area contributed by atoms with Crippen molar-refractivity contribution in [3.8, 4) is 17.0 Å². The van der Waals surface area contributed by atoms with Gasteiger partial charge in [-0.25, -0.2) is 29.5 Å². The molecule has 0 spiro atoms. The lowest BCUT2D eigenvalue weighted by Gasteiger charge is -2.32. The molecule has 1 aliphatic heterocycles. The van der Waals surface area contributed by atoms with Crippen LogP contribution >= 0.6 is 0 Å². The number of piperidine rings is 1. The van der Waals surface area contributed by atoms with Crippen molar-refractivity contribution in [1.82, 2.24) is 29.4 Å². The molecule has 11 nitrogen and oxygen atoms in total. The van der Waals surface area contributed by atoms with Gasteiger partial charge in [-0.05, 0) is 42.7 Å². The van der Waals surface area contributed by atoms with Crippen molar-refractivity contribution in [2.24, 2.45) is 0 Å². The van der Waals surface area contributed by atoms with Crippen LogP contribution in [0.15, 0.2) is 55.1 Å². The lowest BCUT2D eigenvalue weighted by Crippen LogP contribution is -2.34. The molecular weight excluding hydrogens is 621 g/mol. The Balaban J connectivity index is 0.000000331. The first-order valence-corrected chi connectivity index (χ1v) is 12.9. The Hall–Kier alpha value is -4.87. The summed E-state index contributed by atoms with van der Waals surface area (Å²) in [5, 5.41) is 14.2. The predicted molar refractivity (Wildman–Crippen MR) is 142 cm³/mol. The average Bonchev–Trinajstić information content (AvgIpc) is 3.41. The van der Waals surface area contributed by atoms with Gasteiger partial charge in [-0.15, -0.1) is 0 Å². The molecule has 1 aromatic carbocycles. The minimum Gasteiger partial charge on any atom is -0.497 e. The standard InChI is InChI=1S/C23H23FN6O.2C2HF3O2/c1-31-19-4-2-3-16(11-19)14-29-9-7-18(8-10-29)30-15-27-22-23(30)28-20(13-26-22)17-5-6-21(24)25-12-17;2*3-2(4,5)1(6)7/h2-6,11-13,15,18H,7-10,14H2,1H3;2*(H,6,7). The highest BCUT2D eigenvalue weighted by atomic mass is 19.4. The minimum atomic E-state index is -5.08. The minimum absolute atomic E-state index is 0.322. The van der Waals surface area contributed by atoms with Gasteiger partial charge in [0.25, 0.3) is 0 Å². The Labute approximate surface area is 249 Å². The molecule has 242 valence electrons. The molecule has 0 saturated carbocycles. The maximum atomic E-state index is 13.1. The maximum Gasteiger partial charge on any atom is 0.490 e. The molecule has 45 heavy (non-hydrogen) atoms. The number of carboxylic acids is 2. The monoisotopic (exact) mass is 646 g/mol. The van der Waals surface area contributed by atoms with Crippen molar-refractivity contribution < 1.29 is 55.3 Å². The third kappa shape index (κ3) is 10.1. The first-order chi connectivity index (χ1) is 21.1. The molecule has 3 aromatic heterocycles. The quantitative estimate of drug-likeness (QED) is 0.221. The summed E-state index contributed by atoms with van der Waals surface area (Å²) < 4.78 is 84.1. The van der Waals surface area contributed by atoms with E-state index < -0.39 is 30.2 Å². The van der Waals surface area contributed by atoms with Gasteiger partial charge in [0.2, 0.25) is 5.95 Å². The Kier molecular flexibility index (Phi) is 11.3. The van der Waals surface area contributed by atoms with Crippen LogP contribution in [0.4, 0.5) is 30.7 Å². The van der Waals surface area contributed by atoms with Gasteiger partial charge in [0.1, 0.15) is 5.75 Å². The van der Waals surface area contributed by atoms with Crippen LogP contribution in [0.25, 0.3) is 22.6 Å². The number of aromatic nitrogens is 5. The van der Waals surface area contributed by atoms with E-state index in [0.29, 0.717) is 17.4 Å². The zero-order chi connectivity index (χ0) is 33.4. The van der Waals surface area contributed by atoms with E-state index in [9.17, 15) is 30.7 Å². The van der Waals surface area contributed by atoms with Gasteiger partial charge >= 0.3 is 24.3 Å². The number of alkyl halides is 6. The third-order valence-corrected chi connectivity index (χ3v) is 6.28. The smallest absolute Gasteiger partial charge is 0.490 e. The highest BCUT2D eigenvalue weighted by Crippen LogP contribution is 2.28. The number of carboxylic acid groups (broad SMARTS) is 2. The summed E-state index contributed by atoms with van der Waals surface area (Å²) in [6.45, 7) is 2.91. The number of fused-ring (bicyclic) bond motifs is 1. The number of imidazole rings is 1. The number of aliphatic carboxylic acids is 2. The fourth-order valence-corrected chi connectivity index (χ4v) is 4.13. The highest BCUT2D eigenvalue weighted by molar-refractivity contribution is 5.73. The molecule has 18 heteroatoms. The molecule has 0 atom stereocenters. The van der Waals surface area contributed by atoms with E-state index in [1.165, 1.54) is 17.8 Å². The van der Waals surface area contributed by atoms with Crippen molar-refractivity contribution >= 4 is 23.2 Å². The molecule has 1 aliphatic rings. The van der Waals surface area contributed by atoms with Crippen LogP contribution in [-0.4, -0.2) is 84.1 Å². The first kappa shape index (κ1) is 34.6. The number of hydrogen-bond donors (Lipinski definition) is 2. The van der Waals surface area contributed by atoms with Crippen LogP contribution in [0.3, 0.4) is 0 Å². The Morgan fingerprint density at radius 1 is 0.933 bits per heavy atom. The van der Waals surface area contributed by atoms with E-state index in [4.69, 9.17) is 29.5 Å². The van der Waals surface area contributed by atoms with Gasteiger partial charge in [-0.1, -0.05) is 12.1 Å². The summed E-state index contributed by atoms with van der Waals surface area (Å²) in [5.74, 6) is -5.13. The van der Waals surface area contributed by atoms with Crippen molar-refractivity contribution in [3.63, 3.8) is 0 Å². The molecule has 0 unspecified atom stereocenters. The van der Waals surface area contributed by atoms with Gasteiger partial charge < -0.3 is 19.5 Å². The summed E-state index contributed by atoms with van der Waals surface area (Å²) in [6, 6.07) is 11.5. The number of carbonyl (C=O) groups is 2. The zero-order valence-electron chi connectivity index (χ0n) is 23.3. The van der Waals surface area contributed by atoms with Crippen molar-refractivity contribution in [2.45, 2.75) is 37.8 Å². The van der Waals surface area contributed by atoms with E-state index in [0.717, 1.165) is 49.4 Å². The van der Waals surface area contributed by atoms with E-state index >= 15 is 0 Å². The van der Waals surface area contributed by atoms with Crippen molar-refractivity contribution in [2.75, 3.05) is 20.2 Å². The molecule has 0 aliphatic carbocycles. The maximum absolute atomic E-state index is 13.1. The molecule has 4 aromatic rings. The number of nitrogens with zero attached hydrogens (tertiary/aromatic N) is 6. The number of ether oxygens (including phenoxy) is 1. The van der Waals surface area contributed by atoms with Gasteiger partial charge in [0.05, 0.1) is 25.3 Å². The Morgan fingerprint density at radius 2 is 1.56 bits per heavy atom. The average molecular weight is 647 g/mol. The second-order valence-electron chi connectivity index (χ2n) is 9.39. The van der Waals surface area contributed by atoms with Gasteiger partial charge in [0, 0.05) is 37.4 Å². The summed E-state index contributed by atoms with van der Waals surface area (Å²) in [6.07, 6.45) is -3.17. The lowest BCUT2D eigenvalue weighted by molar-refractivity contribution is -0.193. The van der Waals surface area contributed by atoms with Crippen LogP contribution < -0.4 is 4.74 Å². The van der Waals surface area contributed by atoms with E-state index in [-0.39, 0.29) is 0 Å². The summed E-state index contributed by atoms with van der Waals surface area (Å²) in [5.41, 5.74) is 4.04. The molecule has 1 fully saturated rings. The largest absolute Gasteiger partial charge is 0.497 e. The fourth-order valence-electron chi connectivity index (χ4n) is 4.13. The summed E-state index contributed by atoms with van der Waals surface area (Å²) in [7, 11) is 1.70. The molecule has 5 rings (SSSR count). The number of benzene rings is 1. The number of likely N-dealkylation sites (tertiary alicyclic amines) is 1. The SMILES string of the molecule is COc1cccc(CN2CCC(n3cnc4ncc(-c5ccc(F)nc5)nc43)CC2)c1.O=C(O)C(F)(F)F.O=C(O)C(F)(F)F. The summed E-state index contributed by atoms with van der Waals surface area (Å²) in [4.78, 5) is 37.6. The van der Waals surface area contributed by atoms with Crippen LogP contribution in [0.1, 0.15) is 24.4 Å².